The average molecular weight is 306 g/mol. The third-order valence-electron chi connectivity index (χ3n) is 2.27. The number of hydrogen-bond acceptors (Lipinski definition) is 5. The number of carbonyl (C=O) groups excluding carboxylic acids is 2. The summed E-state index contributed by atoms with van der Waals surface area (Å²) in [5.41, 5.74) is -0.173. The molecular weight excluding hydrogens is 292 g/mol. The molecular formula is C15H14O7. The maximum Gasteiger partial charge on any atom is 0.392 e. The Labute approximate surface area is 126 Å². The van der Waals surface area contributed by atoms with Crippen molar-refractivity contribution in [1.82, 2.24) is 0 Å². The summed E-state index contributed by atoms with van der Waals surface area (Å²) < 4.78 is 4.34. The normalized spacial score (nSPS) is 11.0. The smallest absolute Gasteiger partial charge is 0.392 e. The van der Waals surface area contributed by atoms with E-state index in [9.17, 15) is 19.2 Å². The lowest BCUT2D eigenvalue weighted by Gasteiger charge is -2.00. The molecule has 0 aromatic heterocycles. The minimum Gasteiger partial charge on any atom is -0.478 e. The number of esters is 2. The van der Waals surface area contributed by atoms with Gasteiger partial charge in [-0.25, -0.2) is 19.2 Å². The first-order valence-corrected chi connectivity index (χ1v) is 5.90. The second-order valence-corrected chi connectivity index (χ2v) is 4.08. The molecule has 0 aliphatic heterocycles. The summed E-state index contributed by atoms with van der Waals surface area (Å²) in [6.45, 7) is 5.99. The van der Waals surface area contributed by atoms with Crippen LogP contribution in [0.5, 0.6) is 0 Å². The van der Waals surface area contributed by atoms with E-state index in [-0.39, 0.29) is 23.1 Å². The van der Waals surface area contributed by atoms with E-state index in [2.05, 4.69) is 17.2 Å². The highest BCUT2D eigenvalue weighted by atomic mass is 16.6. The zero-order chi connectivity index (χ0) is 17.3. The maximum absolute atomic E-state index is 11.4. The predicted octanol–water partition coefficient (Wildman–Crippen LogP) is 1.07. The van der Waals surface area contributed by atoms with Crippen LogP contribution in [0.25, 0.3) is 0 Å². The summed E-state index contributed by atoms with van der Waals surface area (Å²) in [5.74, 6) is -0.473. The van der Waals surface area contributed by atoms with Gasteiger partial charge in [-0.15, -0.1) is 0 Å². The number of aliphatic carboxylic acids is 2. The number of ether oxygens (including phenoxy) is 1. The number of hydrogen-bond donors (Lipinski definition) is 2. The first-order valence-electron chi connectivity index (χ1n) is 5.90. The molecule has 0 rings (SSSR count). The monoisotopic (exact) mass is 306 g/mol. The third-order valence-corrected chi connectivity index (χ3v) is 2.27. The molecule has 7 nitrogen and oxygen atoms in total. The summed E-state index contributed by atoms with van der Waals surface area (Å²) >= 11 is 0. The average Bonchev–Trinajstić information content (AvgIpc) is 2.43. The summed E-state index contributed by atoms with van der Waals surface area (Å²) in [6.07, 6.45) is 2.15. The highest BCUT2D eigenvalue weighted by Gasteiger charge is 2.12. The molecule has 0 aliphatic rings. The lowest BCUT2D eigenvalue weighted by molar-refractivity contribution is -0.152. The second kappa shape index (κ2) is 8.92. The fourth-order valence-electron chi connectivity index (χ4n) is 0.894. The van der Waals surface area contributed by atoms with Crippen molar-refractivity contribution < 1.29 is 34.1 Å². The van der Waals surface area contributed by atoms with E-state index >= 15 is 0 Å². The summed E-state index contributed by atoms with van der Waals surface area (Å²) in [7, 11) is 0. The first-order chi connectivity index (χ1) is 10.1. The highest BCUT2D eigenvalue weighted by Crippen LogP contribution is 2.05. The van der Waals surface area contributed by atoms with Crippen LogP contribution in [0.1, 0.15) is 20.3 Å². The van der Waals surface area contributed by atoms with Crippen LogP contribution in [-0.4, -0.2) is 34.1 Å². The molecule has 0 fully saturated rings. The molecule has 0 atom stereocenters. The molecule has 0 radical (unpaired) electrons. The number of allylic oxidation sites excluding steroid dienone is 2. The Morgan fingerprint density at radius 2 is 1.64 bits per heavy atom. The molecule has 22 heavy (non-hydrogen) atoms. The summed E-state index contributed by atoms with van der Waals surface area (Å²) in [4.78, 5) is 43.7. The SMILES string of the molecule is C=C(CC=C(C)C(=O)O)C(=O)OC(=O)C#CC=C(C)C(=O)O. The third kappa shape index (κ3) is 7.45. The van der Waals surface area contributed by atoms with Crippen molar-refractivity contribution in [3.8, 4) is 11.8 Å². The van der Waals surface area contributed by atoms with Crippen molar-refractivity contribution in [2.45, 2.75) is 20.3 Å². The van der Waals surface area contributed by atoms with Crippen LogP contribution in [-0.2, 0) is 23.9 Å². The quantitative estimate of drug-likeness (QED) is 0.256. The largest absolute Gasteiger partial charge is 0.478 e. The van der Waals surface area contributed by atoms with Crippen LogP contribution in [0.4, 0.5) is 0 Å². The van der Waals surface area contributed by atoms with E-state index in [0.29, 0.717) is 0 Å². The minimum atomic E-state index is -1.19. The van der Waals surface area contributed by atoms with Crippen LogP contribution in [0.2, 0.25) is 0 Å². The first kappa shape index (κ1) is 18.9. The van der Waals surface area contributed by atoms with Crippen molar-refractivity contribution in [1.29, 1.82) is 0 Å². The molecule has 0 bridgehead atoms. The number of rotatable bonds is 5. The Hall–Kier alpha value is -3.14. The van der Waals surface area contributed by atoms with Gasteiger partial charge in [-0.1, -0.05) is 18.6 Å². The Morgan fingerprint density at radius 3 is 2.14 bits per heavy atom. The van der Waals surface area contributed by atoms with Crippen molar-refractivity contribution in [3.05, 3.63) is 35.5 Å². The van der Waals surface area contributed by atoms with Crippen molar-refractivity contribution in [2.75, 3.05) is 0 Å². The lowest BCUT2D eigenvalue weighted by atomic mass is 10.1. The fraction of sp³-hybridized carbons (Fsp3) is 0.200. The van der Waals surface area contributed by atoms with Gasteiger partial charge in [0.1, 0.15) is 0 Å². The van der Waals surface area contributed by atoms with Crippen LogP contribution in [0.3, 0.4) is 0 Å². The molecule has 0 unspecified atom stereocenters. The molecule has 0 aliphatic carbocycles. The molecule has 0 heterocycles. The van der Waals surface area contributed by atoms with Crippen LogP contribution in [0, 0.1) is 11.8 Å². The molecule has 0 spiro atoms. The van der Waals surface area contributed by atoms with E-state index < -0.39 is 23.9 Å². The second-order valence-electron chi connectivity index (χ2n) is 4.08. The Kier molecular flexibility index (Phi) is 7.64. The van der Waals surface area contributed by atoms with Gasteiger partial charge in [0.2, 0.25) is 0 Å². The molecule has 0 amide bonds. The van der Waals surface area contributed by atoms with Crippen LogP contribution >= 0.6 is 0 Å². The number of carbonyl (C=O) groups is 4. The minimum absolute atomic E-state index is 0.0225. The molecule has 2 N–H and O–H groups in total. The van der Waals surface area contributed by atoms with E-state index in [1.165, 1.54) is 19.9 Å². The van der Waals surface area contributed by atoms with Gasteiger partial charge in [0.05, 0.1) is 0 Å². The summed E-state index contributed by atoms with van der Waals surface area (Å²) in [5, 5.41) is 17.2. The molecule has 7 heteroatoms. The van der Waals surface area contributed by atoms with Crippen LogP contribution < -0.4 is 0 Å². The van der Waals surface area contributed by atoms with Gasteiger partial charge in [-0.2, -0.15) is 0 Å². The maximum atomic E-state index is 11.4. The fourth-order valence-corrected chi connectivity index (χ4v) is 0.894. The van der Waals surface area contributed by atoms with Crippen molar-refractivity contribution >= 4 is 23.9 Å². The Balaban J connectivity index is 4.58. The van der Waals surface area contributed by atoms with Crippen molar-refractivity contribution in [2.24, 2.45) is 0 Å². The van der Waals surface area contributed by atoms with Gasteiger partial charge in [-0.05, 0) is 26.3 Å². The van der Waals surface area contributed by atoms with Gasteiger partial charge >= 0.3 is 23.9 Å². The summed E-state index contributed by atoms with van der Waals surface area (Å²) in [6, 6.07) is 0. The van der Waals surface area contributed by atoms with Gasteiger partial charge in [0, 0.05) is 22.6 Å². The molecule has 0 saturated heterocycles. The lowest BCUT2D eigenvalue weighted by Crippen LogP contribution is -2.12. The topological polar surface area (TPSA) is 118 Å². The van der Waals surface area contributed by atoms with E-state index in [0.717, 1.165) is 6.08 Å². The molecule has 116 valence electrons. The Morgan fingerprint density at radius 1 is 1.09 bits per heavy atom. The zero-order valence-electron chi connectivity index (χ0n) is 12.0. The van der Waals surface area contributed by atoms with Gasteiger partial charge in [-0.3, -0.25) is 0 Å². The van der Waals surface area contributed by atoms with E-state index in [4.69, 9.17) is 10.2 Å². The molecule has 0 saturated carbocycles. The zero-order valence-corrected chi connectivity index (χ0v) is 12.0. The highest BCUT2D eigenvalue weighted by molar-refractivity contribution is 6.02. The Bertz CT molecular complexity index is 639. The number of carboxylic acids is 2. The van der Waals surface area contributed by atoms with Gasteiger partial charge < -0.3 is 14.9 Å². The van der Waals surface area contributed by atoms with E-state index in [1.807, 2.05) is 5.92 Å². The molecule has 0 aromatic carbocycles. The number of carboxylic acid groups (broad SMARTS) is 2. The predicted molar refractivity (Wildman–Crippen MR) is 75.4 cm³/mol. The standard InChI is InChI=1S/C15H14O7/c1-9(13(17)18)5-4-6-12(16)22-15(21)11(3)8-7-10(2)14(19)20/h5,7H,3,8H2,1-2H3,(H,17,18)(H,19,20). The van der Waals surface area contributed by atoms with Crippen LogP contribution in [0.15, 0.2) is 35.5 Å². The van der Waals surface area contributed by atoms with Gasteiger partial charge in [0.15, 0.2) is 0 Å². The van der Waals surface area contributed by atoms with Crippen molar-refractivity contribution in [3.63, 3.8) is 0 Å². The van der Waals surface area contributed by atoms with E-state index in [1.54, 1.807) is 0 Å². The van der Waals surface area contributed by atoms with Gasteiger partial charge in [0.25, 0.3) is 0 Å². The molecule has 0 aromatic rings.